The van der Waals surface area contributed by atoms with Crippen molar-refractivity contribution in [1.29, 1.82) is 0 Å². The van der Waals surface area contributed by atoms with Gasteiger partial charge in [-0.3, -0.25) is 9.10 Å². The van der Waals surface area contributed by atoms with Crippen molar-refractivity contribution in [3.05, 3.63) is 57.6 Å². The van der Waals surface area contributed by atoms with Crippen LogP contribution in [-0.4, -0.2) is 27.5 Å². The Morgan fingerprint density at radius 3 is 2.18 bits per heavy atom. The summed E-state index contributed by atoms with van der Waals surface area (Å²) in [5.74, 6) is -0.641. The summed E-state index contributed by atoms with van der Waals surface area (Å²) in [6.45, 7) is 5.23. The lowest BCUT2D eigenvalue weighted by Crippen LogP contribution is -2.38. The fourth-order valence-corrected chi connectivity index (χ4v) is 5.16. The number of aryl methyl sites for hydroxylation is 2. The van der Waals surface area contributed by atoms with Crippen LogP contribution in [0.4, 0.5) is 5.69 Å². The number of hydrogen-bond acceptors (Lipinski definition) is 4. The van der Waals surface area contributed by atoms with Gasteiger partial charge in [0.2, 0.25) is 0 Å². The van der Waals surface area contributed by atoms with Crippen LogP contribution < -0.4 is 4.31 Å². The normalized spacial score (nSPS) is 11.3. The predicted molar refractivity (Wildman–Crippen MR) is 113 cm³/mol. The molecule has 0 unspecified atom stereocenters. The number of sulfonamides is 1. The van der Waals surface area contributed by atoms with E-state index in [0.717, 1.165) is 15.4 Å². The van der Waals surface area contributed by atoms with Gasteiger partial charge in [0.1, 0.15) is 11.4 Å². The van der Waals surface area contributed by atoms with Crippen molar-refractivity contribution in [3.8, 4) is 0 Å². The van der Waals surface area contributed by atoms with Gasteiger partial charge < -0.3 is 4.74 Å². The number of para-hydroxylation sites is 1. The average molecular weight is 444 g/mol. The van der Waals surface area contributed by atoms with Crippen molar-refractivity contribution in [2.75, 3.05) is 17.5 Å². The topological polar surface area (TPSA) is 63.7 Å². The third-order valence-electron chi connectivity index (χ3n) is 4.25. The van der Waals surface area contributed by atoms with E-state index in [2.05, 4.69) is 0 Å². The molecule has 0 radical (unpaired) electrons. The lowest BCUT2D eigenvalue weighted by Gasteiger charge is -2.28. The van der Waals surface area contributed by atoms with Crippen molar-refractivity contribution in [3.63, 3.8) is 0 Å². The van der Waals surface area contributed by atoms with E-state index in [1.807, 2.05) is 32.0 Å². The molecule has 0 amide bonds. The summed E-state index contributed by atoms with van der Waals surface area (Å²) in [7, 11) is -4.17. The summed E-state index contributed by atoms with van der Waals surface area (Å²) in [6.07, 6.45) is 1.20. The first-order valence-corrected chi connectivity index (χ1v) is 11.2. The summed E-state index contributed by atoms with van der Waals surface area (Å²) in [5, 5.41) is 0.267. The Morgan fingerprint density at radius 2 is 1.64 bits per heavy atom. The number of rotatable bonds is 8. The highest BCUT2D eigenvalue weighted by atomic mass is 35.5. The number of halogens is 2. The number of nitrogens with zero attached hydrogens (tertiary/aromatic N) is 1. The van der Waals surface area contributed by atoms with Crippen molar-refractivity contribution in [2.45, 2.75) is 38.5 Å². The molecular formula is C20H23Cl2NO4S. The number of benzene rings is 2. The number of anilines is 1. The summed E-state index contributed by atoms with van der Waals surface area (Å²) in [5.41, 5.74) is 2.10. The first kappa shape index (κ1) is 22.5. The number of ether oxygens (including phenoxy) is 1. The fourth-order valence-electron chi connectivity index (χ4n) is 2.94. The van der Waals surface area contributed by atoms with Crippen LogP contribution in [0.25, 0.3) is 0 Å². The van der Waals surface area contributed by atoms with E-state index in [-0.39, 0.29) is 21.5 Å². The van der Waals surface area contributed by atoms with E-state index in [0.29, 0.717) is 18.5 Å². The molecule has 2 aromatic carbocycles. The number of hydrogen-bond donors (Lipinski definition) is 0. The van der Waals surface area contributed by atoms with Gasteiger partial charge in [-0.2, -0.15) is 0 Å². The molecule has 2 rings (SSSR count). The molecule has 5 nitrogen and oxygen atoms in total. The molecule has 0 heterocycles. The monoisotopic (exact) mass is 443 g/mol. The summed E-state index contributed by atoms with van der Waals surface area (Å²) >= 11 is 12.2. The maximum absolute atomic E-state index is 13.6. The van der Waals surface area contributed by atoms with Gasteiger partial charge in [-0.25, -0.2) is 8.42 Å². The molecule has 0 saturated carbocycles. The number of carbonyl (C=O) groups excluding carboxylic acids is 1. The first-order valence-electron chi connectivity index (χ1n) is 9.00. The summed E-state index contributed by atoms with van der Waals surface area (Å²) in [4.78, 5) is 12.1. The van der Waals surface area contributed by atoms with Crippen molar-refractivity contribution >= 4 is 44.9 Å². The van der Waals surface area contributed by atoms with Gasteiger partial charge in [0, 0.05) is 5.02 Å². The van der Waals surface area contributed by atoms with Crippen LogP contribution in [0.5, 0.6) is 0 Å². The lowest BCUT2D eigenvalue weighted by atomic mass is 10.0. The molecule has 0 aliphatic heterocycles. The molecule has 0 aliphatic carbocycles. The standard InChI is InChI=1S/C20H23Cl2NO4S/c1-4-14-8-7-9-15(5-2)20(14)23(13-19(24)27-6-3)28(25,26)18-12-16(21)10-11-17(18)22/h7-12H,4-6,13H2,1-3H3. The Hall–Kier alpha value is -1.76. The van der Waals surface area contributed by atoms with Crippen molar-refractivity contribution in [2.24, 2.45) is 0 Å². The molecular weight excluding hydrogens is 421 g/mol. The van der Waals surface area contributed by atoms with E-state index in [1.165, 1.54) is 18.2 Å². The van der Waals surface area contributed by atoms with E-state index in [9.17, 15) is 13.2 Å². The highest BCUT2D eigenvalue weighted by Crippen LogP contribution is 2.35. The quantitative estimate of drug-likeness (QED) is 0.545. The minimum atomic E-state index is -4.17. The molecule has 2 aromatic rings. The number of esters is 1. The Labute approximate surface area is 176 Å². The SMILES string of the molecule is CCOC(=O)CN(c1c(CC)cccc1CC)S(=O)(=O)c1cc(Cl)ccc1Cl. The van der Waals surface area contributed by atoms with E-state index >= 15 is 0 Å². The van der Waals surface area contributed by atoms with Crippen LogP contribution in [0.3, 0.4) is 0 Å². The van der Waals surface area contributed by atoms with Gasteiger partial charge in [0.25, 0.3) is 10.0 Å². The van der Waals surface area contributed by atoms with Crippen LogP contribution >= 0.6 is 23.2 Å². The van der Waals surface area contributed by atoms with Gasteiger partial charge in [-0.1, -0.05) is 55.2 Å². The molecule has 28 heavy (non-hydrogen) atoms. The predicted octanol–water partition coefficient (Wildman–Crippen LogP) is 4.88. The van der Waals surface area contributed by atoms with E-state index < -0.39 is 22.5 Å². The minimum Gasteiger partial charge on any atom is -0.465 e. The second kappa shape index (κ2) is 9.63. The van der Waals surface area contributed by atoms with Gasteiger partial charge in [0.05, 0.1) is 17.3 Å². The highest BCUT2D eigenvalue weighted by Gasteiger charge is 2.32. The van der Waals surface area contributed by atoms with Gasteiger partial charge in [0.15, 0.2) is 0 Å². The Balaban J connectivity index is 2.74. The molecule has 0 bridgehead atoms. The molecule has 152 valence electrons. The molecule has 0 fully saturated rings. The largest absolute Gasteiger partial charge is 0.465 e. The van der Waals surface area contributed by atoms with Crippen LogP contribution in [0, 0.1) is 0 Å². The third kappa shape index (κ3) is 4.80. The third-order valence-corrected chi connectivity index (χ3v) is 6.72. The molecule has 8 heteroatoms. The lowest BCUT2D eigenvalue weighted by molar-refractivity contribution is -0.141. The molecule has 0 spiro atoms. The van der Waals surface area contributed by atoms with E-state index in [4.69, 9.17) is 27.9 Å². The molecule has 0 aromatic heterocycles. The second-order valence-electron chi connectivity index (χ2n) is 6.02. The zero-order valence-electron chi connectivity index (χ0n) is 16.0. The average Bonchev–Trinajstić information content (AvgIpc) is 2.67. The zero-order chi connectivity index (χ0) is 20.9. The molecule has 0 atom stereocenters. The molecule has 0 saturated heterocycles. The van der Waals surface area contributed by atoms with Gasteiger partial charge in [-0.15, -0.1) is 0 Å². The van der Waals surface area contributed by atoms with Crippen LogP contribution in [0.2, 0.25) is 10.0 Å². The van der Waals surface area contributed by atoms with Crippen molar-refractivity contribution < 1.29 is 17.9 Å². The molecule has 0 N–H and O–H groups in total. The Bertz CT molecular complexity index is 938. The molecule has 0 aliphatic rings. The Kier molecular flexibility index (Phi) is 7.75. The first-order chi connectivity index (χ1) is 13.3. The zero-order valence-corrected chi connectivity index (χ0v) is 18.4. The summed E-state index contributed by atoms with van der Waals surface area (Å²) < 4.78 is 33.2. The Morgan fingerprint density at radius 1 is 1.04 bits per heavy atom. The number of carbonyl (C=O) groups is 1. The minimum absolute atomic E-state index is 0.0327. The maximum atomic E-state index is 13.6. The smallest absolute Gasteiger partial charge is 0.326 e. The highest BCUT2D eigenvalue weighted by molar-refractivity contribution is 7.93. The van der Waals surface area contributed by atoms with Crippen LogP contribution in [0.1, 0.15) is 31.9 Å². The second-order valence-corrected chi connectivity index (χ2v) is 8.70. The van der Waals surface area contributed by atoms with Gasteiger partial charge >= 0.3 is 5.97 Å². The van der Waals surface area contributed by atoms with Crippen LogP contribution in [-0.2, 0) is 32.4 Å². The van der Waals surface area contributed by atoms with E-state index in [1.54, 1.807) is 6.92 Å². The van der Waals surface area contributed by atoms with Crippen molar-refractivity contribution in [1.82, 2.24) is 0 Å². The fraction of sp³-hybridized carbons (Fsp3) is 0.350. The van der Waals surface area contributed by atoms with Crippen LogP contribution in [0.15, 0.2) is 41.3 Å². The van der Waals surface area contributed by atoms with Gasteiger partial charge in [-0.05, 0) is 49.1 Å². The maximum Gasteiger partial charge on any atom is 0.326 e. The summed E-state index contributed by atoms with van der Waals surface area (Å²) in [6, 6.07) is 9.80.